The molecule has 0 spiro atoms. The summed E-state index contributed by atoms with van der Waals surface area (Å²) in [6.07, 6.45) is 1.43. The summed E-state index contributed by atoms with van der Waals surface area (Å²) in [5, 5.41) is 41.2. The summed E-state index contributed by atoms with van der Waals surface area (Å²) >= 11 is 0. The van der Waals surface area contributed by atoms with Crippen molar-refractivity contribution in [3.05, 3.63) is 0 Å². The van der Waals surface area contributed by atoms with Gasteiger partial charge < -0.3 is 20.4 Å². The van der Waals surface area contributed by atoms with Crippen LogP contribution in [0, 0.1) is 0 Å². The molecule has 0 amide bonds. The summed E-state index contributed by atoms with van der Waals surface area (Å²) in [4.78, 5) is 0. The van der Waals surface area contributed by atoms with Crippen molar-refractivity contribution in [1.82, 2.24) is 0 Å². The van der Waals surface area contributed by atoms with Crippen LogP contribution in [0.3, 0.4) is 0 Å². The molecular formula is C18H40K2Li2O4. The second kappa shape index (κ2) is 25.6. The van der Waals surface area contributed by atoms with Gasteiger partial charge in [0.15, 0.2) is 0 Å². The first kappa shape index (κ1) is 52.3. The van der Waals surface area contributed by atoms with E-state index in [-0.39, 0.29) is 140 Å². The van der Waals surface area contributed by atoms with E-state index in [4.69, 9.17) is 0 Å². The molecule has 0 saturated heterocycles. The molecule has 0 bridgehead atoms. The van der Waals surface area contributed by atoms with Gasteiger partial charge in [0.2, 0.25) is 0 Å². The van der Waals surface area contributed by atoms with Gasteiger partial charge in [0.05, 0.1) is 0 Å². The molecule has 0 aliphatic heterocycles. The monoisotopic (exact) mass is 412 g/mol. The Morgan fingerprint density at radius 2 is 0.500 bits per heavy atom. The molecule has 0 radical (unpaired) electrons. The molecule has 0 atom stereocenters. The Kier molecular flexibility index (Phi) is 51.4. The average molecular weight is 413 g/mol. The quantitative estimate of drug-likeness (QED) is 0.421. The zero-order chi connectivity index (χ0) is 19.4. The van der Waals surface area contributed by atoms with Crippen LogP contribution in [0.5, 0.6) is 0 Å². The van der Waals surface area contributed by atoms with Gasteiger partial charge in [-0.15, -0.1) is 22.4 Å². The summed E-state index contributed by atoms with van der Waals surface area (Å²) in [5.41, 5.74) is -2.92. The van der Waals surface area contributed by atoms with Crippen LogP contribution in [0.1, 0.15) is 95.9 Å². The van der Waals surface area contributed by atoms with Crippen LogP contribution in [0.2, 0.25) is 0 Å². The fourth-order valence-corrected chi connectivity index (χ4v) is 0. The maximum Gasteiger partial charge on any atom is 1.00 e. The first-order valence-electron chi connectivity index (χ1n) is 7.94. The Morgan fingerprint density at radius 1 is 0.462 bits per heavy atom. The molecule has 4 nitrogen and oxygen atoms in total. The van der Waals surface area contributed by atoms with Crippen molar-refractivity contribution < 1.29 is 161 Å². The fraction of sp³-hybridized carbons (Fsp3) is 1.00. The van der Waals surface area contributed by atoms with Gasteiger partial charge in [-0.1, -0.05) is 95.9 Å². The third-order valence-electron chi connectivity index (χ3n) is 1.70. The number of hydrogen-bond acceptors (Lipinski definition) is 4. The van der Waals surface area contributed by atoms with Crippen LogP contribution in [0.25, 0.3) is 0 Å². The van der Waals surface area contributed by atoms with E-state index in [0.29, 0.717) is 12.8 Å². The van der Waals surface area contributed by atoms with E-state index >= 15 is 0 Å². The van der Waals surface area contributed by atoms with Crippen LogP contribution in [-0.4, -0.2) is 22.4 Å². The molecular weight excluding hydrogens is 372 g/mol. The third-order valence-corrected chi connectivity index (χ3v) is 1.70. The van der Waals surface area contributed by atoms with Gasteiger partial charge in [0.1, 0.15) is 0 Å². The Bertz CT molecular complexity index is 204. The van der Waals surface area contributed by atoms with Crippen molar-refractivity contribution >= 4 is 0 Å². The second-order valence-electron chi connectivity index (χ2n) is 8.45. The number of hydrogen-bond donors (Lipinski definition) is 0. The van der Waals surface area contributed by atoms with Gasteiger partial charge in [-0.05, 0) is 0 Å². The Morgan fingerprint density at radius 3 is 0.500 bits per heavy atom. The molecule has 26 heavy (non-hydrogen) atoms. The second-order valence-corrected chi connectivity index (χ2v) is 8.45. The largest absolute Gasteiger partial charge is 1.00 e. The van der Waals surface area contributed by atoms with Crippen molar-refractivity contribution in [1.29, 1.82) is 0 Å². The average Bonchev–Trinajstić information content (AvgIpc) is 2.11. The molecule has 0 aromatic rings. The number of rotatable bonds is 2. The molecule has 140 valence electrons. The first-order chi connectivity index (χ1) is 9.12. The van der Waals surface area contributed by atoms with Crippen molar-refractivity contribution in [3.8, 4) is 0 Å². The maximum absolute atomic E-state index is 10.5. The zero-order valence-electron chi connectivity index (χ0n) is 21.0. The van der Waals surface area contributed by atoms with Crippen molar-refractivity contribution in [2.24, 2.45) is 0 Å². The van der Waals surface area contributed by atoms with Gasteiger partial charge in [-0.3, -0.25) is 0 Å². The van der Waals surface area contributed by atoms with E-state index in [1.54, 1.807) is 69.2 Å². The molecule has 0 aliphatic rings. The maximum atomic E-state index is 10.5. The van der Waals surface area contributed by atoms with Crippen LogP contribution in [-0.2, 0) is 0 Å². The minimum absolute atomic E-state index is 0. The minimum atomic E-state index is -0.750. The SMILES string of the molecule is CC(C)(C)[O-].CC(C)(C)[O-].CCC(C)(C)[O-].CCC(C)(C)[O-].[K+].[K+].[Li+].[Li+]. The van der Waals surface area contributed by atoms with Gasteiger partial charge >= 0.3 is 140 Å². The van der Waals surface area contributed by atoms with E-state index in [0.717, 1.165) is 0 Å². The first-order valence-corrected chi connectivity index (χ1v) is 7.94. The van der Waals surface area contributed by atoms with E-state index in [9.17, 15) is 20.4 Å². The molecule has 0 heterocycles. The summed E-state index contributed by atoms with van der Waals surface area (Å²) in [7, 11) is 0. The van der Waals surface area contributed by atoms with E-state index < -0.39 is 22.4 Å². The van der Waals surface area contributed by atoms with E-state index in [2.05, 4.69) is 0 Å². The topological polar surface area (TPSA) is 92.2 Å². The normalized spacial score (nSPS) is 10.2. The Hall–Kier alpha value is 4.31. The third kappa shape index (κ3) is 199. The van der Waals surface area contributed by atoms with Gasteiger partial charge in [-0.2, -0.15) is 0 Å². The van der Waals surface area contributed by atoms with Gasteiger partial charge in [0.25, 0.3) is 0 Å². The van der Waals surface area contributed by atoms with Crippen LogP contribution >= 0.6 is 0 Å². The van der Waals surface area contributed by atoms with Crippen LogP contribution in [0.4, 0.5) is 0 Å². The standard InChI is InChI=1S/2C5H11O.2C4H9O.2K.2Li/c2*1-4-5(2,3)6;2*1-4(2,3)5;;;;/h2*4H2,1-3H3;2*1-3H3;;;;/q4*-1;4*+1. The summed E-state index contributed by atoms with van der Waals surface area (Å²) in [5.74, 6) is 0. The fourth-order valence-electron chi connectivity index (χ4n) is 0. The van der Waals surface area contributed by atoms with Crippen LogP contribution in [0.15, 0.2) is 0 Å². The molecule has 0 aromatic carbocycles. The molecule has 0 saturated carbocycles. The van der Waals surface area contributed by atoms with Crippen LogP contribution < -0.4 is 161 Å². The molecule has 0 N–H and O–H groups in total. The summed E-state index contributed by atoms with van der Waals surface area (Å²) in [6.45, 7) is 20.3. The van der Waals surface area contributed by atoms with Gasteiger partial charge in [-0.25, -0.2) is 0 Å². The zero-order valence-corrected chi connectivity index (χ0v) is 27.3. The molecule has 0 fully saturated rings. The van der Waals surface area contributed by atoms with Crippen molar-refractivity contribution in [2.75, 3.05) is 0 Å². The minimum Gasteiger partial charge on any atom is -0.850 e. The van der Waals surface area contributed by atoms with Crippen molar-refractivity contribution in [2.45, 2.75) is 118 Å². The molecule has 0 rings (SSSR count). The van der Waals surface area contributed by atoms with Gasteiger partial charge in [0, 0.05) is 0 Å². The molecule has 0 unspecified atom stereocenters. The summed E-state index contributed by atoms with van der Waals surface area (Å²) < 4.78 is 0. The predicted molar refractivity (Wildman–Crippen MR) is 88.2 cm³/mol. The predicted octanol–water partition coefficient (Wildman–Crippen LogP) is -10.6. The molecule has 0 aromatic heterocycles. The van der Waals surface area contributed by atoms with E-state index in [1.807, 2.05) is 13.8 Å². The Labute approximate surface area is 274 Å². The Balaban J connectivity index is -0.0000000264. The van der Waals surface area contributed by atoms with E-state index in [1.165, 1.54) is 0 Å². The smallest absolute Gasteiger partial charge is 0.850 e. The molecule has 0 aliphatic carbocycles. The molecule has 8 heteroatoms. The summed E-state index contributed by atoms with van der Waals surface area (Å²) in [6, 6.07) is 0. The van der Waals surface area contributed by atoms with Crippen molar-refractivity contribution in [3.63, 3.8) is 0 Å².